The van der Waals surface area contributed by atoms with Gasteiger partial charge >= 0.3 is 0 Å². The molecule has 0 aliphatic rings. The average molecular weight is 392 g/mol. The molecule has 0 N–H and O–H groups in total. The average Bonchev–Trinajstić information content (AvgIpc) is 0.811. The molecule has 0 nitrogen and oxygen atoms in total. The summed E-state index contributed by atoms with van der Waals surface area (Å²) >= 11 is 6.95. The van der Waals surface area contributed by atoms with Crippen molar-refractivity contribution >= 4 is 67.4 Å². The molecule has 0 bridgehead atoms. The van der Waals surface area contributed by atoms with Gasteiger partial charge in [-0.15, -0.1) is 0 Å². The van der Waals surface area contributed by atoms with Gasteiger partial charge in [-0.1, -0.05) is 0 Å². The highest BCUT2D eigenvalue weighted by Crippen LogP contribution is 2.10. The molecule has 0 aromatic heterocycles. The zero-order valence-corrected chi connectivity index (χ0v) is 8.18. The van der Waals surface area contributed by atoms with Crippen molar-refractivity contribution in [2.24, 2.45) is 0 Å². The third-order valence-corrected chi connectivity index (χ3v) is 0. The first-order valence-corrected chi connectivity index (χ1v) is 4.39. The Balaban J connectivity index is 2.32. The quantitative estimate of drug-likeness (QED) is 0.439. The highest BCUT2D eigenvalue weighted by molar-refractivity contribution is 14.4. The number of hydrogen-bond acceptors (Lipinski definition) is 0. The van der Waals surface area contributed by atoms with Crippen LogP contribution in [-0.2, 0) is 0 Å². The first-order chi connectivity index (χ1) is 1.73. The van der Waals surface area contributed by atoms with E-state index in [4.69, 9.17) is 0 Å². The fourth-order valence-corrected chi connectivity index (χ4v) is 0. The number of halogens is 3. The van der Waals surface area contributed by atoms with Crippen LogP contribution in [0.2, 0.25) is 0 Å². The molecule has 0 aliphatic heterocycles. The second-order valence-electron chi connectivity index (χ2n) is 0.247. The molecule has 0 saturated heterocycles. The lowest BCUT2D eigenvalue weighted by Gasteiger charge is -1.88. The van der Waals surface area contributed by atoms with Gasteiger partial charge < -0.3 is 67.1 Å². The molecule has 0 rings (SSSR count). The van der Waals surface area contributed by atoms with Gasteiger partial charge in [-0.2, -0.15) is 0 Å². The van der Waals surface area contributed by atoms with Crippen LogP contribution in [0.5, 0.6) is 0 Å². The van der Waals surface area contributed by atoms with E-state index in [0.29, 0.717) is 0 Å². The summed E-state index contributed by atoms with van der Waals surface area (Å²) in [6, 6.07) is 0. The van der Waals surface area contributed by atoms with Crippen LogP contribution in [0.3, 0.4) is 0 Å². The van der Waals surface area contributed by atoms with Crippen molar-refractivity contribution in [1.82, 2.24) is 0 Å². The van der Waals surface area contributed by atoms with E-state index in [1.165, 1.54) is 0 Å². The lowest BCUT2D eigenvalue weighted by atomic mass is 10.8. The van der Waals surface area contributed by atoms with Crippen LogP contribution in [0.4, 0.5) is 0 Å². The zero-order valence-electron chi connectivity index (χ0n) is 1.71. The van der Waals surface area contributed by atoms with Crippen LogP contribution in [0.25, 0.3) is 0 Å². The highest BCUT2D eigenvalue weighted by Gasteiger charge is 1.61. The zero-order chi connectivity index (χ0) is 3.58. The van der Waals surface area contributed by atoms with Crippen molar-refractivity contribution < 1.29 is 0 Å². The van der Waals surface area contributed by atoms with E-state index in [-0.39, 0.29) is 0 Å². The van der Waals surface area contributed by atoms with Crippen molar-refractivity contribution in [3.05, 3.63) is 0 Å². The van der Waals surface area contributed by atoms with Gasteiger partial charge in [0.15, 0.2) is 0 Å². The van der Waals surface area contributed by atoms with Crippen LogP contribution < -0.4 is 0 Å². The maximum atomic E-state index is 2.32. The molecule has 0 aromatic carbocycles. The SMILES string of the molecule is I[B-](I)I. The Morgan fingerprint density at radius 1 is 1.00 bits per heavy atom. The standard InChI is InChI=1S/BI3/c2-1(3)4/q-1. The van der Waals surface area contributed by atoms with E-state index >= 15 is 0 Å². The minimum absolute atomic E-state index is 0.743. The molecule has 0 atom stereocenters. The minimum Gasteiger partial charge on any atom is -0.363 e. The molecule has 0 unspecified atom stereocenters. The van der Waals surface area contributed by atoms with E-state index in [9.17, 15) is 0 Å². The molecule has 0 aliphatic carbocycles. The number of rotatable bonds is 0. The fraction of sp³-hybridized carbons (Fsp3) is 0. The summed E-state index contributed by atoms with van der Waals surface area (Å²) in [7, 11) is 0. The monoisotopic (exact) mass is 392 g/mol. The van der Waals surface area contributed by atoms with E-state index in [2.05, 4.69) is 67.1 Å². The predicted octanol–water partition coefficient (Wildman–Crippen LogP) is 2.28. The molecule has 0 fully saturated rings. The second kappa shape index (κ2) is 3.45. The fourth-order valence-electron chi connectivity index (χ4n) is 0. The maximum absolute atomic E-state index is 2.32. The predicted molar refractivity (Wildman–Crippen MR) is 47.8 cm³/mol. The Kier molecular flexibility index (Phi) is 5.39. The minimum atomic E-state index is 0.743. The Hall–Kier alpha value is 2.25. The van der Waals surface area contributed by atoms with Gasteiger partial charge in [0.2, 0.25) is 0 Å². The van der Waals surface area contributed by atoms with Crippen LogP contribution in [-0.4, -0.2) is 0.282 Å². The van der Waals surface area contributed by atoms with E-state index in [0.717, 1.165) is 0.282 Å². The third kappa shape index (κ3) is 8.87. The molecule has 0 amide bonds. The van der Waals surface area contributed by atoms with Gasteiger partial charge in [0.25, 0.3) is 0 Å². The van der Waals surface area contributed by atoms with Crippen molar-refractivity contribution in [3.8, 4) is 0 Å². The summed E-state index contributed by atoms with van der Waals surface area (Å²) in [6.45, 7) is 0. The van der Waals surface area contributed by atoms with Gasteiger partial charge in [0.1, 0.15) is 0 Å². The van der Waals surface area contributed by atoms with Gasteiger partial charge in [-0.05, 0) is 0 Å². The summed E-state index contributed by atoms with van der Waals surface area (Å²) in [5.41, 5.74) is 0. The Morgan fingerprint density at radius 2 is 1.00 bits per heavy atom. The molecule has 25 valence electrons. The summed E-state index contributed by atoms with van der Waals surface area (Å²) < 4.78 is 0.743. The van der Waals surface area contributed by atoms with Gasteiger partial charge in [0, 0.05) is 0 Å². The summed E-state index contributed by atoms with van der Waals surface area (Å²) in [5.74, 6) is 0. The topological polar surface area (TPSA) is 0 Å². The largest absolute Gasteiger partial charge is 0.363 e. The molecule has 0 spiro atoms. The Bertz CT molecular complexity index is 8.00. The van der Waals surface area contributed by atoms with Crippen molar-refractivity contribution in [3.63, 3.8) is 0 Å². The lowest BCUT2D eigenvalue weighted by molar-refractivity contribution is 5.41. The smallest absolute Gasteiger partial charge is 0.0877 e. The molecule has 1 radical (unpaired) electrons. The summed E-state index contributed by atoms with van der Waals surface area (Å²) in [6.07, 6.45) is 0. The van der Waals surface area contributed by atoms with E-state index in [1.807, 2.05) is 0 Å². The van der Waals surface area contributed by atoms with E-state index < -0.39 is 0 Å². The number of hydrogen-bond donors (Lipinski definition) is 0. The first-order valence-electron chi connectivity index (χ1n) is 0.655. The van der Waals surface area contributed by atoms with Crippen molar-refractivity contribution in [1.29, 1.82) is 0 Å². The Labute approximate surface area is 66.2 Å². The maximum Gasteiger partial charge on any atom is 0.0877 e. The summed E-state index contributed by atoms with van der Waals surface area (Å²) in [5, 5.41) is 0. The normalized spacial score (nSPS) is 9.00. The van der Waals surface area contributed by atoms with Crippen LogP contribution >= 0.6 is 67.1 Å². The van der Waals surface area contributed by atoms with Gasteiger partial charge in [0.05, 0.1) is 0.282 Å². The first kappa shape index (κ1) is 6.25. The van der Waals surface area contributed by atoms with Crippen LogP contribution in [0.1, 0.15) is 0 Å². The van der Waals surface area contributed by atoms with Gasteiger partial charge in [-0.3, -0.25) is 0 Å². The molecule has 0 aromatic rings. The van der Waals surface area contributed by atoms with Crippen molar-refractivity contribution in [2.45, 2.75) is 0 Å². The molecule has 4 heavy (non-hydrogen) atoms. The highest BCUT2D eigenvalue weighted by atomic mass is 127. The second-order valence-corrected chi connectivity index (χ2v) is 11.1. The van der Waals surface area contributed by atoms with E-state index in [1.54, 1.807) is 0 Å². The molecular formula is BI3-. The van der Waals surface area contributed by atoms with Crippen LogP contribution in [0, 0.1) is 0 Å². The lowest BCUT2D eigenvalue weighted by Crippen LogP contribution is -1.59. The van der Waals surface area contributed by atoms with Crippen LogP contribution in [0.15, 0.2) is 0 Å². The molecule has 0 saturated carbocycles. The van der Waals surface area contributed by atoms with Crippen molar-refractivity contribution in [2.75, 3.05) is 0 Å². The van der Waals surface area contributed by atoms with Gasteiger partial charge in [-0.25, -0.2) is 0 Å². The summed E-state index contributed by atoms with van der Waals surface area (Å²) in [4.78, 5) is 0. The Morgan fingerprint density at radius 3 is 1.00 bits per heavy atom. The molecule has 4 heteroatoms. The third-order valence-electron chi connectivity index (χ3n) is 0. The molecular weight excluding hydrogens is 392 g/mol. The molecule has 0 heterocycles.